The third-order valence-corrected chi connectivity index (χ3v) is 4.49. The zero-order valence-corrected chi connectivity index (χ0v) is 17.5. The lowest BCUT2D eigenvalue weighted by Crippen LogP contribution is -2.34. The Kier molecular flexibility index (Phi) is 8.67. The van der Waals surface area contributed by atoms with Gasteiger partial charge < -0.3 is 10.1 Å². The zero-order valence-electron chi connectivity index (χ0n) is 15.1. The number of rotatable bonds is 8. The Labute approximate surface area is 172 Å². The Morgan fingerprint density at radius 3 is 2.70 bits per heavy atom. The molecule has 0 aliphatic heterocycles. The van der Waals surface area contributed by atoms with Gasteiger partial charge in [-0.2, -0.15) is 0 Å². The molecule has 0 unspecified atom stereocenters. The first-order valence-electron chi connectivity index (χ1n) is 8.80. The molecule has 0 saturated heterocycles. The lowest BCUT2D eigenvalue weighted by atomic mass is 10.2. The molecule has 2 rings (SSSR count). The van der Waals surface area contributed by atoms with Crippen molar-refractivity contribution in [2.24, 2.45) is 0 Å². The SMILES string of the molecule is CCCCCCOc1ccc(Br)cc1C(=O)NC(=S)Nc1ccccc1F. The van der Waals surface area contributed by atoms with Gasteiger partial charge in [0.2, 0.25) is 0 Å². The molecule has 2 N–H and O–H groups in total. The standard InChI is InChI=1S/C20H22BrFN2O2S/c1-2-3-4-7-12-26-18-11-10-14(21)13-15(18)19(25)24-20(27)23-17-9-6-5-8-16(17)22/h5-6,8-11,13H,2-4,7,12H2,1H3,(H2,23,24,25,27). The average molecular weight is 453 g/mol. The molecule has 0 aromatic heterocycles. The summed E-state index contributed by atoms with van der Waals surface area (Å²) in [7, 11) is 0. The normalized spacial score (nSPS) is 10.3. The predicted octanol–water partition coefficient (Wildman–Crippen LogP) is 5.67. The van der Waals surface area contributed by atoms with E-state index in [1.807, 2.05) is 6.07 Å². The Morgan fingerprint density at radius 2 is 1.96 bits per heavy atom. The van der Waals surface area contributed by atoms with Gasteiger partial charge in [-0.15, -0.1) is 0 Å². The Bertz CT molecular complexity index is 801. The van der Waals surface area contributed by atoms with Gasteiger partial charge in [-0.05, 0) is 49.0 Å². The molecule has 0 radical (unpaired) electrons. The van der Waals surface area contributed by atoms with Crippen LogP contribution in [0.5, 0.6) is 5.75 Å². The summed E-state index contributed by atoms with van der Waals surface area (Å²) in [5.41, 5.74) is 0.557. The van der Waals surface area contributed by atoms with Crippen molar-refractivity contribution in [1.29, 1.82) is 0 Å². The van der Waals surface area contributed by atoms with Gasteiger partial charge in [0.1, 0.15) is 11.6 Å². The molecule has 27 heavy (non-hydrogen) atoms. The number of unbranched alkanes of at least 4 members (excludes halogenated alkanes) is 3. The molecule has 4 nitrogen and oxygen atoms in total. The molecule has 0 aliphatic carbocycles. The van der Waals surface area contributed by atoms with Gasteiger partial charge >= 0.3 is 0 Å². The minimum absolute atomic E-state index is 0.0129. The van der Waals surface area contributed by atoms with E-state index in [0.717, 1.165) is 30.2 Å². The van der Waals surface area contributed by atoms with Gasteiger partial charge in [0.25, 0.3) is 5.91 Å². The summed E-state index contributed by atoms with van der Waals surface area (Å²) in [6, 6.07) is 11.3. The largest absolute Gasteiger partial charge is 0.493 e. The van der Waals surface area contributed by atoms with E-state index < -0.39 is 11.7 Å². The van der Waals surface area contributed by atoms with E-state index in [-0.39, 0.29) is 10.8 Å². The van der Waals surface area contributed by atoms with Crippen molar-refractivity contribution < 1.29 is 13.9 Å². The minimum atomic E-state index is -0.451. The first kappa shape index (κ1) is 21.3. The molecule has 144 valence electrons. The van der Waals surface area contributed by atoms with Crippen LogP contribution in [-0.2, 0) is 0 Å². The number of benzene rings is 2. The molecular weight excluding hydrogens is 431 g/mol. The maximum Gasteiger partial charge on any atom is 0.261 e. The monoisotopic (exact) mass is 452 g/mol. The fourth-order valence-electron chi connectivity index (χ4n) is 2.40. The highest BCUT2D eigenvalue weighted by Gasteiger charge is 2.15. The highest BCUT2D eigenvalue weighted by Crippen LogP contribution is 2.24. The van der Waals surface area contributed by atoms with Gasteiger partial charge in [-0.3, -0.25) is 10.1 Å². The second-order valence-electron chi connectivity index (χ2n) is 5.94. The molecule has 0 saturated carbocycles. The lowest BCUT2D eigenvalue weighted by Gasteiger charge is -2.14. The summed E-state index contributed by atoms with van der Waals surface area (Å²) in [5, 5.41) is 5.26. The molecule has 0 fully saturated rings. The van der Waals surface area contributed by atoms with Crippen molar-refractivity contribution in [3.63, 3.8) is 0 Å². The summed E-state index contributed by atoms with van der Waals surface area (Å²) in [6.45, 7) is 2.69. The number of thiocarbonyl (C=S) groups is 1. The van der Waals surface area contributed by atoms with Crippen LogP contribution in [0, 0.1) is 5.82 Å². The molecule has 2 aromatic rings. The van der Waals surface area contributed by atoms with E-state index in [4.69, 9.17) is 17.0 Å². The number of hydrogen-bond acceptors (Lipinski definition) is 3. The van der Waals surface area contributed by atoms with Crippen molar-refractivity contribution in [3.8, 4) is 5.75 Å². The first-order valence-corrected chi connectivity index (χ1v) is 10.0. The highest BCUT2D eigenvalue weighted by atomic mass is 79.9. The number of carbonyl (C=O) groups is 1. The summed E-state index contributed by atoms with van der Waals surface area (Å²) in [6.07, 6.45) is 4.33. The number of ether oxygens (including phenoxy) is 1. The summed E-state index contributed by atoms with van der Waals surface area (Å²) in [4.78, 5) is 12.6. The number of amides is 1. The van der Waals surface area contributed by atoms with Crippen LogP contribution in [0.15, 0.2) is 46.9 Å². The second kappa shape index (κ2) is 11.0. The minimum Gasteiger partial charge on any atom is -0.493 e. The molecule has 0 atom stereocenters. The third kappa shape index (κ3) is 6.92. The maximum atomic E-state index is 13.7. The van der Waals surface area contributed by atoms with Crippen molar-refractivity contribution in [2.45, 2.75) is 32.6 Å². The van der Waals surface area contributed by atoms with Gasteiger partial charge in [0.15, 0.2) is 5.11 Å². The number of hydrogen-bond donors (Lipinski definition) is 2. The molecule has 2 aromatic carbocycles. The lowest BCUT2D eigenvalue weighted by molar-refractivity contribution is 0.0973. The van der Waals surface area contributed by atoms with Crippen molar-refractivity contribution >= 4 is 44.9 Å². The Hall–Kier alpha value is -1.99. The zero-order chi connectivity index (χ0) is 19.6. The van der Waals surface area contributed by atoms with Crippen LogP contribution >= 0.6 is 28.1 Å². The van der Waals surface area contributed by atoms with E-state index in [9.17, 15) is 9.18 Å². The fraction of sp³-hybridized carbons (Fsp3) is 0.300. The Balaban J connectivity index is 2.00. The summed E-state index contributed by atoms with van der Waals surface area (Å²) < 4.78 is 20.2. The van der Waals surface area contributed by atoms with Gasteiger partial charge in [-0.1, -0.05) is 54.2 Å². The number of carbonyl (C=O) groups excluding carboxylic acids is 1. The average Bonchev–Trinajstić information content (AvgIpc) is 2.64. The van der Waals surface area contributed by atoms with E-state index in [1.54, 1.807) is 24.3 Å². The topological polar surface area (TPSA) is 50.4 Å². The van der Waals surface area contributed by atoms with Crippen molar-refractivity contribution in [2.75, 3.05) is 11.9 Å². The van der Waals surface area contributed by atoms with E-state index >= 15 is 0 Å². The third-order valence-electron chi connectivity index (χ3n) is 3.79. The maximum absolute atomic E-state index is 13.7. The molecule has 0 aliphatic rings. The van der Waals surface area contributed by atoms with Gasteiger partial charge in [0, 0.05) is 4.47 Å². The molecule has 0 spiro atoms. The van der Waals surface area contributed by atoms with Crippen LogP contribution in [0.25, 0.3) is 0 Å². The van der Waals surface area contributed by atoms with Crippen LogP contribution in [0.2, 0.25) is 0 Å². The number of para-hydroxylation sites is 1. The van der Waals surface area contributed by atoms with Crippen LogP contribution in [0.4, 0.5) is 10.1 Å². The van der Waals surface area contributed by atoms with E-state index in [0.29, 0.717) is 17.9 Å². The van der Waals surface area contributed by atoms with Crippen LogP contribution < -0.4 is 15.4 Å². The van der Waals surface area contributed by atoms with Crippen molar-refractivity contribution in [3.05, 3.63) is 58.3 Å². The molecular formula is C20H22BrFN2O2S. The van der Waals surface area contributed by atoms with Gasteiger partial charge in [-0.25, -0.2) is 4.39 Å². The first-order chi connectivity index (χ1) is 13.0. The Morgan fingerprint density at radius 1 is 1.19 bits per heavy atom. The predicted molar refractivity (Wildman–Crippen MR) is 114 cm³/mol. The van der Waals surface area contributed by atoms with Crippen LogP contribution in [-0.4, -0.2) is 17.6 Å². The number of nitrogens with one attached hydrogen (secondary N) is 2. The second-order valence-corrected chi connectivity index (χ2v) is 7.26. The molecule has 0 heterocycles. The number of halogens is 2. The van der Waals surface area contributed by atoms with Crippen LogP contribution in [0.3, 0.4) is 0 Å². The highest BCUT2D eigenvalue weighted by molar-refractivity contribution is 9.10. The van der Waals surface area contributed by atoms with Crippen molar-refractivity contribution in [1.82, 2.24) is 5.32 Å². The molecule has 1 amide bonds. The summed E-state index contributed by atoms with van der Waals surface area (Å²) in [5.74, 6) is -0.387. The molecule has 0 bridgehead atoms. The van der Waals surface area contributed by atoms with E-state index in [2.05, 4.69) is 33.5 Å². The smallest absolute Gasteiger partial charge is 0.261 e. The summed E-state index contributed by atoms with van der Waals surface area (Å²) >= 11 is 8.48. The fourth-order valence-corrected chi connectivity index (χ4v) is 2.97. The van der Waals surface area contributed by atoms with Crippen LogP contribution in [0.1, 0.15) is 43.0 Å². The van der Waals surface area contributed by atoms with E-state index in [1.165, 1.54) is 12.1 Å². The molecule has 7 heteroatoms. The van der Waals surface area contributed by atoms with Gasteiger partial charge in [0.05, 0.1) is 17.9 Å². The quantitative estimate of drug-likeness (QED) is 0.399. The number of anilines is 1.